The van der Waals surface area contributed by atoms with Crippen molar-refractivity contribution in [1.29, 1.82) is 5.26 Å². The van der Waals surface area contributed by atoms with E-state index in [1.165, 1.54) is 0 Å². The SMILES string of the molecule is N#Cc1c[c]cc2c1OCO2. The van der Waals surface area contributed by atoms with Crippen LogP contribution in [-0.4, -0.2) is 6.79 Å². The van der Waals surface area contributed by atoms with Crippen molar-refractivity contribution in [2.24, 2.45) is 0 Å². The molecular formula is C8H4NO2. The largest absolute Gasteiger partial charge is 0.454 e. The van der Waals surface area contributed by atoms with Gasteiger partial charge < -0.3 is 9.47 Å². The Morgan fingerprint density at radius 1 is 1.45 bits per heavy atom. The summed E-state index contributed by atoms with van der Waals surface area (Å²) in [4.78, 5) is 0. The van der Waals surface area contributed by atoms with E-state index in [9.17, 15) is 0 Å². The van der Waals surface area contributed by atoms with Crippen molar-refractivity contribution in [3.05, 3.63) is 23.8 Å². The lowest BCUT2D eigenvalue weighted by atomic mass is 10.2. The minimum Gasteiger partial charge on any atom is -0.454 e. The highest BCUT2D eigenvalue weighted by atomic mass is 16.7. The molecule has 3 nitrogen and oxygen atoms in total. The first-order valence-corrected chi connectivity index (χ1v) is 3.11. The highest BCUT2D eigenvalue weighted by Crippen LogP contribution is 2.34. The van der Waals surface area contributed by atoms with Crippen LogP contribution in [-0.2, 0) is 0 Å². The first kappa shape index (κ1) is 6.05. The molecule has 3 heteroatoms. The fourth-order valence-electron chi connectivity index (χ4n) is 0.956. The van der Waals surface area contributed by atoms with Gasteiger partial charge in [0.25, 0.3) is 0 Å². The maximum atomic E-state index is 8.60. The van der Waals surface area contributed by atoms with Gasteiger partial charge in [0.15, 0.2) is 11.5 Å². The van der Waals surface area contributed by atoms with Gasteiger partial charge in [0.1, 0.15) is 6.07 Å². The number of ether oxygens (including phenoxy) is 2. The minimum absolute atomic E-state index is 0.196. The van der Waals surface area contributed by atoms with Crippen molar-refractivity contribution >= 4 is 0 Å². The molecule has 1 heterocycles. The van der Waals surface area contributed by atoms with Crippen LogP contribution in [0.3, 0.4) is 0 Å². The van der Waals surface area contributed by atoms with Crippen LogP contribution in [0.25, 0.3) is 0 Å². The van der Waals surface area contributed by atoms with E-state index in [2.05, 4.69) is 6.07 Å². The van der Waals surface area contributed by atoms with Crippen molar-refractivity contribution < 1.29 is 9.47 Å². The molecular weight excluding hydrogens is 142 g/mol. The van der Waals surface area contributed by atoms with Gasteiger partial charge in [-0.25, -0.2) is 0 Å². The van der Waals surface area contributed by atoms with Crippen molar-refractivity contribution in [2.75, 3.05) is 6.79 Å². The molecule has 0 saturated carbocycles. The molecule has 53 valence electrons. The Morgan fingerprint density at radius 2 is 2.36 bits per heavy atom. The zero-order valence-corrected chi connectivity index (χ0v) is 5.63. The molecule has 2 rings (SSSR count). The van der Waals surface area contributed by atoms with Crippen LogP contribution in [0.4, 0.5) is 0 Å². The number of hydrogen-bond donors (Lipinski definition) is 0. The third kappa shape index (κ3) is 0.802. The molecule has 0 spiro atoms. The standard InChI is InChI=1S/C8H4NO2/c9-4-6-2-1-3-7-8(6)11-5-10-7/h2-3H,5H2. The number of rotatable bonds is 0. The van der Waals surface area contributed by atoms with Gasteiger partial charge in [-0.05, 0) is 18.2 Å². The second kappa shape index (κ2) is 2.17. The van der Waals surface area contributed by atoms with E-state index in [0.717, 1.165) is 0 Å². The summed E-state index contributed by atoms with van der Waals surface area (Å²) in [6.45, 7) is 0.196. The molecule has 0 atom stereocenters. The molecule has 11 heavy (non-hydrogen) atoms. The van der Waals surface area contributed by atoms with Crippen LogP contribution in [0.2, 0.25) is 0 Å². The number of benzene rings is 1. The van der Waals surface area contributed by atoms with Gasteiger partial charge in [-0.15, -0.1) is 0 Å². The van der Waals surface area contributed by atoms with Crippen LogP contribution >= 0.6 is 0 Å². The molecule has 0 bridgehead atoms. The van der Waals surface area contributed by atoms with Crippen LogP contribution in [0, 0.1) is 17.4 Å². The first-order valence-electron chi connectivity index (χ1n) is 3.11. The normalized spacial score (nSPS) is 12.6. The van der Waals surface area contributed by atoms with E-state index in [0.29, 0.717) is 17.1 Å². The summed E-state index contributed by atoms with van der Waals surface area (Å²) < 4.78 is 10.1. The average molecular weight is 146 g/mol. The summed E-state index contributed by atoms with van der Waals surface area (Å²) in [5.41, 5.74) is 0.472. The predicted molar refractivity (Wildman–Crippen MR) is 36.1 cm³/mol. The Morgan fingerprint density at radius 3 is 3.18 bits per heavy atom. The number of hydrogen-bond acceptors (Lipinski definition) is 3. The van der Waals surface area contributed by atoms with E-state index in [1.54, 1.807) is 12.1 Å². The molecule has 0 amide bonds. The zero-order valence-electron chi connectivity index (χ0n) is 5.63. The third-order valence-electron chi connectivity index (χ3n) is 1.45. The van der Waals surface area contributed by atoms with Crippen molar-refractivity contribution in [3.8, 4) is 17.6 Å². The molecule has 0 aliphatic carbocycles. The smallest absolute Gasteiger partial charge is 0.231 e. The summed E-state index contributed by atoms with van der Waals surface area (Å²) in [5.74, 6) is 1.13. The summed E-state index contributed by atoms with van der Waals surface area (Å²) in [6, 6.07) is 8.01. The fourth-order valence-corrected chi connectivity index (χ4v) is 0.956. The van der Waals surface area contributed by atoms with Gasteiger partial charge >= 0.3 is 0 Å². The molecule has 0 saturated heterocycles. The molecule has 1 aromatic rings. The van der Waals surface area contributed by atoms with E-state index in [-0.39, 0.29) is 6.79 Å². The Kier molecular flexibility index (Phi) is 1.19. The van der Waals surface area contributed by atoms with Crippen LogP contribution in [0.5, 0.6) is 11.5 Å². The molecule has 0 aromatic heterocycles. The summed E-state index contributed by atoms with van der Waals surface area (Å²) in [6.07, 6.45) is 0. The van der Waals surface area contributed by atoms with Crippen molar-refractivity contribution in [1.82, 2.24) is 0 Å². The Bertz CT molecular complexity index is 327. The van der Waals surface area contributed by atoms with Crippen molar-refractivity contribution in [3.63, 3.8) is 0 Å². The molecule has 0 unspecified atom stereocenters. The second-order valence-corrected chi connectivity index (χ2v) is 2.08. The molecule has 1 radical (unpaired) electrons. The van der Waals surface area contributed by atoms with Crippen LogP contribution < -0.4 is 9.47 Å². The van der Waals surface area contributed by atoms with Gasteiger partial charge in [-0.3, -0.25) is 0 Å². The Balaban J connectivity index is 2.61. The summed E-state index contributed by atoms with van der Waals surface area (Å²) >= 11 is 0. The molecule has 1 aliphatic heterocycles. The Labute approximate surface area is 63.8 Å². The highest BCUT2D eigenvalue weighted by molar-refractivity contribution is 5.53. The van der Waals surface area contributed by atoms with Gasteiger partial charge in [0, 0.05) is 0 Å². The summed E-state index contributed by atoms with van der Waals surface area (Å²) in [7, 11) is 0. The number of fused-ring (bicyclic) bond motifs is 1. The van der Waals surface area contributed by atoms with E-state index in [4.69, 9.17) is 14.7 Å². The van der Waals surface area contributed by atoms with Gasteiger partial charge in [-0.2, -0.15) is 5.26 Å². The molecule has 0 fully saturated rings. The van der Waals surface area contributed by atoms with Crippen LogP contribution in [0.15, 0.2) is 12.1 Å². The third-order valence-corrected chi connectivity index (χ3v) is 1.45. The van der Waals surface area contributed by atoms with Gasteiger partial charge in [0.05, 0.1) is 5.56 Å². The summed E-state index contributed by atoms with van der Waals surface area (Å²) in [5, 5.41) is 8.60. The van der Waals surface area contributed by atoms with Gasteiger partial charge in [0.2, 0.25) is 6.79 Å². The lowest BCUT2D eigenvalue weighted by Gasteiger charge is -1.94. The Hall–Kier alpha value is -1.69. The maximum absolute atomic E-state index is 8.60. The molecule has 0 N–H and O–H groups in total. The van der Waals surface area contributed by atoms with E-state index >= 15 is 0 Å². The van der Waals surface area contributed by atoms with E-state index in [1.807, 2.05) is 6.07 Å². The number of nitrogens with zero attached hydrogens (tertiary/aromatic N) is 1. The first-order chi connectivity index (χ1) is 5.42. The number of nitriles is 1. The average Bonchev–Trinajstić information content (AvgIpc) is 2.50. The topological polar surface area (TPSA) is 42.2 Å². The second-order valence-electron chi connectivity index (χ2n) is 2.08. The van der Waals surface area contributed by atoms with Crippen molar-refractivity contribution in [2.45, 2.75) is 0 Å². The zero-order chi connectivity index (χ0) is 7.68. The van der Waals surface area contributed by atoms with E-state index < -0.39 is 0 Å². The lowest BCUT2D eigenvalue weighted by molar-refractivity contribution is 0.173. The minimum atomic E-state index is 0.196. The molecule has 1 aliphatic rings. The quantitative estimate of drug-likeness (QED) is 0.550. The highest BCUT2D eigenvalue weighted by Gasteiger charge is 2.16. The molecule has 1 aromatic carbocycles. The van der Waals surface area contributed by atoms with Gasteiger partial charge in [-0.1, -0.05) is 0 Å². The monoisotopic (exact) mass is 146 g/mol. The van der Waals surface area contributed by atoms with Crippen LogP contribution in [0.1, 0.15) is 5.56 Å². The fraction of sp³-hybridized carbons (Fsp3) is 0.125. The lowest BCUT2D eigenvalue weighted by Crippen LogP contribution is -1.93. The predicted octanol–water partition coefficient (Wildman–Crippen LogP) is 1.09. The maximum Gasteiger partial charge on any atom is 0.231 e.